The van der Waals surface area contributed by atoms with Gasteiger partial charge in [0.05, 0.1) is 5.92 Å². The minimum absolute atomic E-state index is 0.0687. The molecule has 23 heavy (non-hydrogen) atoms. The zero-order valence-electron chi connectivity index (χ0n) is 13.8. The lowest BCUT2D eigenvalue weighted by atomic mass is 9.95. The van der Waals surface area contributed by atoms with Gasteiger partial charge in [0.15, 0.2) is 5.78 Å². The summed E-state index contributed by atoms with van der Waals surface area (Å²) in [4.78, 5) is 37.2. The van der Waals surface area contributed by atoms with Gasteiger partial charge >= 0.3 is 5.97 Å². The average molecular weight is 317 g/mol. The van der Waals surface area contributed by atoms with Crippen molar-refractivity contribution in [1.29, 1.82) is 0 Å². The summed E-state index contributed by atoms with van der Waals surface area (Å²) in [5.74, 6) is -1.53. The number of carboxylic acids is 1. The number of carbonyl (C=O) groups excluding carboxylic acids is 2. The molecule has 1 unspecified atom stereocenters. The molecule has 1 aromatic carbocycles. The number of hydrogen-bond acceptors (Lipinski definition) is 3. The summed E-state index contributed by atoms with van der Waals surface area (Å²) < 4.78 is 0. The van der Waals surface area contributed by atoms with Crippen molar-refractivity contribution in [1.82, 2.24) is 4.90 Å². The number of rotatable bonds is 5. The van der Waals surface area contributed by atoms with Crippen molar-refractivity contribution in [3.05, 3.63) is 35.4 Å². The summed E-state index contributed by atoms with van der Waals surface area (Å²) in [5, 5.41) is 9.20. The van der Waals surface area contributed by atoms with E-state index in [9.17, 15) is 19.5 Å². The number of ketones is 1. The monoisotopic (exact) mass is 317 g/mol. The fourth-order valence-corrected chi connectivity index (χ4v) is 2.95. The first-order valence-corrected chi connectivity index (χ1v) is 8.00. The topological polar surface area (TPSA) is 74.7 Å². The van der Waals surface area contributed by atoms with E-state index in [0.717, 1.165) is 12.0 Å². The quantitative estimate of drug-likeness (QED) is 0.847. The van der Waals surface area contributed by atoms with Crippen molar-refractivity contribution in [2.24, 2.45) is 5.92 Å². The number of benzene rings is 1. The zero-order valence-corrected chi connectivity index (χ0v) is 13.8. The van der Waals surface area contributed by atoms with Crippen LogP contribution in [-0.2, 0) is 9.59 Å². The molecule has 1 aliphatic heterocycles. The highest BCUT2D eigenvalue weighted by atomic mass is 16.4. The second-order valence-electron chi connectivity index (χ2n) is 6.39. The van der Waals surface area contributed by atoms with Crippen LogP contribution in [0.4, 0.5) is 0 Å². The first-order valence-electron chi connectivity index (χ1n) is 8.00. The van der Waals surface area contributed by atoms with Crippen molar-refractivity contribution in [2.75, 3.05) is 6.54 Å². The Morgan fingerprint density at radius 3 is 2.26 bits per heavy atom. The number of Topliss-reactive ketones (excluding diaryl/α,β-unsaturated/α-hetero) is 1. The number of nitrogens with zero attached hydrogens (tertiary/aromatic N) is 1. The Morgan fingerprint density at radius 2 is 1.74 bits per heavy atom. The summed E-state index contributed by atoms with van der Waals surface area (Å²) in [6, 6.07) is 6.32. The molecule has 124 valence electrons. The van der Waals surface area contributed by atoms with E-state index in [2.05, 4.69) is 0 Å². The second kappa shape index (κ2) is 6.94. The summed E-state index contributed by atoms with van der Waals surface area (Å²) in [7, 11) is 0. The normalized spacial score (nSPS) is 19.0. The maximum absolute atomic E-state index is 12.6. The molecule has 5 nitrogen and oxygen atoms in total. The molecule has 0 bridgehead atoms. The minimum Gasteiger partial charge on any atom is -0.480 e. The van der Waals surface area contributed by atoms with Gasteiger partial charge in [-0.2, -0.15) is 0 Å². The van der Waals surface area contributed by atoms with E-state index in [1.807, 2.05) is 13.8 Å². The maximum Gasteiger partial charge on any atom is 0.326 e. The Hall–Kier alpha value is -2.17. The molecular weight excluding hydrogens is 294 g/mol. The number of hydrogen-bond donors (Lipinski definition) is 1. The third-order valence-corrected chi connectivity index (χ3v) is 4.41. The molecule has 2 rings (SSSR count). The van der Waals surface area contributed by atoms with Gasteiger partial charge in [0.1, 0.15) is 6.04 Å². The molecule has 0 aliphatic carbocycles. The van der Waals surface area contributed by atoms with Crippen LogP contribution in [0.3, 0.4) is 0 Å². The van der Waals surface area contributed by atoms with E-state index in [4.69, 9.17) is 0 Å². The SMILES string of the molecule is CC(C)C(=O)c1ccc(C(C)C(=O)N2CCC[C@@H]2C(=O)O)cc1. The third kappa shape index (κ3) is 3.60. The predicted octanol–water partition coefficient (Wildman–Crippen LogP) is 2.70. The summed E-state index contributed by atoms with van der Waals surface area (Å²) in [6.45, 7) is 5.96. The number of carbonyl (C=O) groups is 3. The van der Waals surface area contributed by atoms with Gasteiger partial charge in [0, 0.05) is 18.0 Å². The molecule has 0 radical (unpaired) electrons. The van der Waals surface area contributed by atoms with Crippen LogP contribution in [0.15, 0.2) is 24.3 Å². The Morgan fingerprint density at radius 1 is 1.13 bits per heavy atom. The Kier molecular flexibility index (Phi) is 5.19. The lowest BCUT2D eigenvalue weighted by molar-refractivity contribution is -0.148. The molecule has 0 saturated carbocycles. The Labute approximate surface area is 136 Å². The molecule has 1 N–H and O–H groups in total. The van der Waals surface area contributed by atoms with Crippen LogP contribution in [-0.4, -0.2) is 40.3 Å². The van der Waals surface area contributed by atoms with Crippen LogP contribution in [0, 0.1) is 5.92 Å². The van der Waals surface area contributed by atoms with Crippen LogP contribution in [0.25, 0.3) is 0 Å². The average Bonchev–Trinajstić information content (AvgIpc) is 3.02. The molecule has 5 heteroatoms. The van der Waals surface area contributed by atoms with Gasteiger partial charge in [-0.1, -0.05) is 38.1 Å². The van der Waals surface area contributed by atoms with E-state index < -0.39 is 17.9 Å². The number of likely N-dealkylation sites (tertiary alicyclic amines) is 1. The Balaban J connectivity index is 2.13. The smallest absolute Gasteiger partial charge is 0.326 e. The van der Waals surface area contributed by atoms with Gasteiger partial charge in [0.2, 0.25) is 5.91 Å². The van der Waals surface area contributed by atoms with Crippen molar-refractivity contribution in [3.8, 4) is 0 Å². The lowest BCUT2D eigenvalue weighted by Crippen LogP contribution is -2.42. The highest BCUT2D eigenvalue weighted by Crippen LogP contribution is 2.25. The molecule has 1 heterocycles. The molecule has 1 aromatic rings. The van der Waals surface area contributed by atoms with Crippen molar-refractivity contribution in [3.63, 3.8) is 0 Å². The van der Waals surface area contributed by atoms with Gasteiger partial charge < -0.3 is 10.0 Å². The predicted molar refractivity (Wildman–Crippen MR) is 86.4 cm³/mol. The zero-order chi connectivity index (χ0) is 17.1. The molecule has 1 saturated heterocycles. The van der Waals surface area contributed by atoms with Gasteiger partial charge in [-0.15, -0.1) is 0 Å². The molecule has 1 aliphatic rings. The van der Waals surface area contributed by atoms with E-state index >= 15 is 0 Å². The van der Waals surface area contributed by atoms with Crippen molar-refractivity contribution < 1.29 is 19.5 Å². The van der Waals surface area contributed by atoms with E-state index in [-0.39, 0.29) is 17.6 Å². The first kappa shape index (κ1) is 17.2. The van der Waals surface area contributed by atoms with Gasteiger partial charge in [-0.25, -0.2) is 4.79 Å². The van der Waals surface area contributed by atoms with E-state index in [1.165, 1.54) is 4.90 Å². The van der Waals surface area contributed by atoms with Gasteiger partial charge in [0.25, 0.3) is 0 Å². The molecule has 1 fully saturated rings. The molecular formula is C18H23NO4. The largest absolute Gasteiger partial charge is 0.480 e. The van der Waals surface area contributed by atoms with Gasteiger partial charge in [-0.3, -0.25) is 9.59 Å². The number of carboxylic acid groups (broad SMARTS) is 1. The standard InChI is InChI=1S/C18H23NO4/c1-11(2)16(20)14-8-6-13(7-9-14)12(3)17(21)19-10-4-5-15(19)18(22)23/h6-9,11-12,15H,4-5,10H2,1-3H3,(H,22,23)/t12?,15-/m1/s1. The van der Waals surface area contributed by atoms with Crippen LogP contribution in [0.5, 0.6) is 0 Å². The third-order valence-electron chi connectivity index (χ3n) is 4.41. The maximum atomic E-state index is 12.6. The Bertz CT molecular complexity index is 606. The number of amides is 1. The highest BCUT2D eigenvalue weighted by molar-refractivity contribution is 5.97. The van der Waals surface area contributed by atoms with Crippen LogP contribution in [0.2, 0.25) is 0 Å². The second-order valence-corrected chi connectivity index (χ2v) is 6.39. The molecule has 2 atom stereocenters. The number of aliphatic carboxylic acids is 1. The lowest BCUT2D eigenvalue weighted by Gasteiger charge is -2.25. The summed E-state index contributed by atoms with van der Waals surface area (Å²) in [5.41, 5.74) is 1.43. The molecule has 1 amide bonds. The van der Waals surface area contributed by atoms with E-state index in [1.54, 1.807) is 31.2 Å². The van der Waals surface area contributed by atoms with Crippen LogP contribution >= 0.6 is 0 Å². The molecule has 0 spiro atoms. The fourth-order valence-electron chi connectivity index (χ4n) is 2.95. The summed E-state index contributed by atoms with van der Waals surface area (Å²) in [6.07, 6.45) is 1.23. The van der Waals surface area contributed by atoms with Crippen molar-refractivity contribution >= 4 is 17.7 Å². The minimum atomic E-state index is -0.944. The van der Waals surface area contributed by atoms with Crippen LogP contribution in [0.1, 0.15) is 55.5 Å². The fraction of sp³-hybridized carbons (Fsp3) is 0.500. The highest BCUT2D eigenvalue weighted by Gasteiger charge is 2.36. The van der Waals surface area contributed by atoms with Gasteiger partial charge in [-0.05, 0) is 25.3 Å². The molecule has 0 aromatic heterocycles. The van der Waals surface area contributed by atoms with Crippen LogP contribution < -0.4 is 0 Å². The van der Waals surface area contributed by atoms with Crippen molar-refractivity contribution in [2.45, 2.75) is 45.6 Å². The first-order chi connectivity index (χ1) is 10.8. The summed E-state index contributed by atoms with van der Waals surface area (Å²) >= 11 is 0. The van der Waals surface area contributed by atoms with E-state index in [0.29, 0.717) is 18.5 Å².